The highest BCUT2D eigenvalue weighted by molar-refractivity contribution is 7.90. The molecule has 8 heteroatoms. The van der Waals surface area contributed by atoms with Crippen molar-refractivity contribution in [2.24, 2.45) is 0 Å². The molecule has 5 nitrogen and oxygen atoms in total. The zero-order valence-electron chi connectivity index (χ0n) is 13.1. The van der Waals surface area contributed by atoms with Gasteiger partial charge in [-0.15, -0.1) is 0 Å². The molecule has 0 radical (unpaired) electrons. The van der Waals surface area contributed by atoms with E-state index < -0.39 is 9.84 Å². The van der Waals surface area contributed by atoms with E-state index in [1.807, 2.05) is 30.3 Å². The van der Waals surface area contributed by atoms with Gasteiger partial charge in [0.2, 0.25) is 15.0 Å². The Labute approximate surface area is 155 Å². The number of halogens is 2. The van der Waals surface area contributed by atoms with E-state index in [9.17, 15) is 8.42 Å². The SMILES string of the molecule is CS(=O)(=O)c1nc(Nc2ccc(Cl)c(Cl)c2)cc(-c2ccccc2)n1. The number of anilines is 2. The highest BCUT2D eigenvalue weighted by Crippen LogP contribution is 2.28. The van der Waals surface area contributed by atoms with Gasteiger partial charge in [0.25, 0.3) is 0 Å². The van der Waals surface area contributed by atoms with E-state index in [0.29, 0.717) is 27.2 Å². The molecule has 3 aromatic rings. The summed E-state index contributed by atoms with van der Waals surface area (Å²) in [5, 5.41) is 3.59. The van der Waals surface area contributed by atoms with Crippen LogP contribution in [0.2, 0.25) is 10.0 Å². The second-order valence-corrected chi connectivity index (χ2v) is 8.04. The minimum absolute atomic E-state index is 0.253. The Morgan fingerprint density at radius 2 is 1.64 bits per heavy atom. The second-order valence-electron chi connectivity index (χ2n) is 5.31. The van der Waals surface area contributed by atoms with Crippen LogP contribution in [-0.2, 0) is 9.84 Å². The maximum absolute atomic E-state index is 11.9. The van der Waals surface area contributed by atoms with E-state index in [-0.39, 0.29) is 5.16 Å². The molecule has 2 aromatic carbocycles. The third-order valence-electron chi connectivity index (χ3n) is 3.30. The summed E-state index contributed by atoms with van der Waals surface area (Å²) in [6.07, 6.45) is 1.07. The Hall–Kier alpha value is -2.15. The van der Waals surface area contributed by atoms with Crippen LogP contribution < -0.4 is 5.32 Å². The molecular weight excluding hydrogens is 381 g/mol. The van der Waals surface area contributed by atoms with Crippen molar-refractivity contribution in [1.82, 2.24) is 9.97 Å². The Kier molecular flexibility index (Phi) is 4.94. The summed E-state index contributed by atoms with van der Waals surface area (Å²) in [4.78, 5) is 8.25. The monoisotopic (exact) mass is 393 g/mol. The largest absolute Gasteiger partial charge is 0.340 e. The number of rotatable bonds is 4. The summed E-state index contributed by atoms with van der Waals surface area (Å²) in [7, 11) is -3.57. The number of nitrogens with one attached hydrogen (secondary N) is 1. The first kappa shape index (κ1) is 17.7. The Morgan fingerprint density at radius 3 is 2.28 bits per heavy atom. The molecule has 0 aliphatic rings. The van der Waals surface area contributed by atoms with Gasteiger partial charge in [-0.25, -0.2) is 18.4 Å². The van der Waals surface area contributed by atoms with Gasteiger partial charge in [0.05, 0.1) is 15.7 Å². The normalized spacial score (nSPS) is 11.3. The molecule has 0 amide bonds. The van der Waals surface area contributed by atoms with Crippen LogP contribution in [0.5, 0.6) is 0 Å². The first-order chi connectivity index (χ1) is 11.8. The van der Waals surface area contributed by atoms with Crippen molar-refractivity contribution in [2.75, 3.05) is 11.6 Å². The highest BCUT2D eigenvalue weighted by Gasteiger charge is 2.15. The van der Waals surface area contributed by atoms with Crippen molar-refractivity contribution in [3.8, 4) is 11.3 Å². The first-order valence-electron chi connectivity index (χ1n) is 7.19. The number of aromatic nitrogens is 2. The molecule has 1 heterocycles. The molecule has 0 fully saturated rings. The molecule has 25 heavy (non-hydrogen) atoms. The van der Waals surface area contributed by atoms with Crippen LogP contribution in [0.1, 0.15) is 0 Å². The third kappa shape index (κ3) is 4.28. The number of nitrogens with zero attached hydrogens (tertiary/aromatic N) is 2. The van der Waals surface area contributed by atoms with Gasteiger partial charge < -0.3 is 5.32 Å². The van der Waals surface area contributed by atoms with Crippen LogP contribution in [-0.4, -0.2) is 24.6 Å². The van der Waals surface area contributed by atoms with Crippen LogP contribution in [0.4, 0.5) is 11.5 Å². The molecule has 0 spiro atoms. The van der Waals surface area contributed by atoms with Crippen molar-refractivity contribution in [1.29, 1.82) is 0 Å². The number of hydrogen-bond donors (Lipinski definition) is 1. The zero-order chi connectivity index (χ0) is 18.0. The molecule has 1 aromatic heterocycles. The molecule has 0 unspecified atom stereocenters. The molecular formula is C17H13Cl2N3O2S. The van der Waals surface area contributed by atoms with Crippen LogP contribution in [0.25, 0.3) is 11.3 Å². The Balaban J connectivity index is 2.07. The Bertz CT molecular complexity index is 1030. The van der Waals surface area contributed by atoms with E-state index in [0.717, 1.165) is 11.8 Å². The maximum atomic E-state index is 11.9. The molecule has 0 aliphatic carbocycles. The zero-order valence-corrected chi connectivity index (χ0v) is 15.4. The summed E-state index contributed by atoms with van der Waals surface area (Å²) in [5.41, 5.74) is 1.91. The van der Waals surface area contributed by atoms with Crippen molar-refractivity contribution < 1.29 is 8.42 Å². The minimum Gasteiger partial charge on any atom is -0.340 e. The van der Waals surface area contributed by atoms with Crippen molar-refractivity contribution >= 4 is 44.5 Å². The molecule has 128 valence electrons. The lowest BCUT2D eigenvalue weighted by atomic mass is 10.1. The lowest BCUT2D eigenvalue weighted by molar-refractivity contribution is 0.593. The topological polar surface area (TPSA) is 72.0 Å². The molecule has 0 saturated heterocycles. The fourth-order valence-corrected chi connectivity index (χ4v) is 2.96. The summed E-state index contributed by atoms with van der Waals surface area (Å²) in [5.74, 6) is 0.340. The number of sulfone groups is 1. The molecule has 0 aliphatic heterocycles. The second kappa shape index (κ2) is 7.00. The quantitative estimate of drug-likeness (QED) is 0.655. The summed E-state index contributed by atoms with van der Waals surface area (Å²) in [6, 6.07) is 15.9. The number of benzene rings is 2. The summed E-state index contributed by atoms with van der Waals surface area (Å²) < 4.78 is 23.9. The smallest absolute Gasteiger partial charge is 0.249 e. The van der Waals surface area contributed by atoms with E-state index in [1.54, 1.807) is 24.3 Å². The fraction of sp³-hybridized carbons (Fsp3) is 0.0588. The van der Waals surface area contributed by atoms with Gasteiger partial charge in [-0.2, -0.15) is 0 Å². The Morgan fingerprint density at radius 1 is 0.920 bits per heavy atom. The van der Waals surface area contributed by atoms with E-state index in [4.69, 9.17) is 23.2 Å². The molecule has 0 bridgehead atoms. The van der Waals surface area contributed by atoms with Crippen LogP contribution >= 0.6 is 23.2 Å². The van der Waals surface area contributed by atoms with Gasteiger partial charge in [-0.1, -0.05) is 53.5 Å². The average Bonchev–Trinajstić information content (AvgIpc) is 2.58. The van der Waals surface area contributed by atoms with Crippen molar-refractivity contribution in [3.05, 3.63) is 64.6 Å². The predicted octanol–water partition coefficient (Wildman–Crippen LogP) is 4.60. The van der Waals surface area contributed by atoms with Gasteiger partial charge in [0.15, 0.2) is 0 Å². The predicted molar refractivity (Wildman–Crippen MR) is 100 cm³/mol. The van der Waals surface area contributed by atoms with E-state index in [2.05, 4.69) is 15.3 Å². The summed E-state index contributed by atoms with van der Waals surface area (Å²) >= 11 is 11.9. The van der Waals surface area contributed by atoms with Crippen LogP contribution in [0.3, 0.4) is 0 Å². The number of hydrogen-bond acceptors (Lipinski definition) is 5. The molecule has 3 rings (SSSR count). The van der Waals surface area contributed by atoms with E-state index >= 15 is 0 Å². The fourth-order valence-electron chi connectivity index (χ4n) is 2.13. The van der Waals surface area contributed by atoms with Gasteiger partial charge in [-0.3, -0.25) is 0 Å². The standard InChI is InChI=1S/C17H13Cl2N3O2S/c1-25(23,24)17-21-15(11-5-3-2-4-6-11)10-16(22-17)20-12-7-8-13(18)14(19)9-12/h2-10H,1H3,(H,20,21,22). The average molecular weight is 394 g/mol. The molecule has 1 N–H and O–H groups in total. The molecule has 0 saturated carbocycles. The third-order valence-corrected chi connectivity index (χ3v) is 4.88. The van der Waals surface area contributed by atoms with Gasteiger partial charge in [-0.05, 0) is 18.2 Å². The van der Waals surface area contributed by atoms with Crippen LogP contribution in [0, 0.1) is 0 Å². The van der Waals surface area contributed by atoms with Gasteiger partial charge in [0.1, 0.15) is 5.82 Å². The van der Waals surface area contributed by atoms with Crippen LogP contribution in [0.15, 0.2) is 59.8 Å². The lowest BCUT2D eigenvalue weighted by Crippen LogP contribution is -2.07. The highest BCUT2D eigenvalue weighted by atomic mass is 35.5. The van der Waals surface area contributed by atoms with E-state index in [1.165, 1.54) is 0 Å². The maximum Gasteiger partial charge on any atom is 0.249 e. The van der Waals surface area contributed by atoms with Crippen molar-refractivity contribution in [3.63, 3.8) is 0 Å². The minimum atomic E-state index is -3.57. The van der Waals surface area contributed by atoms with Gasteiger partial charge >= 0.3 is 0 Å². The van der Waals surface area contributed by atoms with Crippen molar-refractivity contribution in [2.45, 2.75) is 5.16 Å². The lowest BCUT2D eigenvalue weighted by Gasteiger charge is -2.10. The first-order valence-corrected chi connectivity index (χ1v) is 9.84. The molecule has 0 atom stereocenters. The van der Waals surface area contributed by atoms with Gasteiger partial charge in [0, 0.05) is 23.6 Å². The summed E-state index contributed by atoms with van der Waals surface area (Å²) in [6.45, 7) is 0.